The second kappa shape index (κ2) is 7.91. The lowest BCUT2D eigenvalue weighted by molar-refractivity contribution is -0.183. The van der Waals surface area contributed by atoms with Crippen LogP contribution in [0.3, 0.4) is 0 Å². The molecule has 4 rings (SSSR count). The summed E-state index contributed by atoms with van der Waals surface area (Å²) in [5.74, 6) is -8.29. The Morgan fingerprint density at radius 2 is 1.58 bits per heavy atom. The van der Waals surface area contributed by atoms with Gasteiger partial charge in [-0.1, -0.05) is 42.5 Å². The Morgan fingerprint density at radius 1 is 1.00 bits per heavy atom. The summed E-state index contributed by atoms with van der Waals surface area (Å²) < 4.78 is 5.76. The van der Waals surface area contributed by atoms with Crippen LogP contribution < -0.4 is 0 Å². The summed E-state index contributed by atoms with van der Waals surface area (Å²) in [6.45, 7) is 8.92. The number of allylic oxidation sites excluding steroid dienone is 7. The highest BCUT2D eigenvalue weighted by atomic mass is 16.6. The predicted octanol–water partition coefficient (Wildman–Crippen LogP) is 1.64. The molecule has 1 aliphatic heterocycles. The molecule has 3 aliphatic carbocycles. The molecular weight excluding hydrogens is 464 g/mol. The third-order valence-corrected chi connectivity index (χ3v) is 9.59. The van der Waals surface area contributed by atoms with Gasteiger partial charge in [-0.05, 0) is 47.6 Å². The van der Waals surface area contributed by atoms with Gasteiger partial charge in [0.15, 0.2) is 11.6 Å². The van der Waals surface area contributed by atoms with Gasteiger partial charge in [0.1, 0.15) is 28.0 Å². The highest BCUT2D eigenvalue weighted by Crippen LogP contribution is 2.81. The molecule has 4 aliphatic rings. The van der Waals surface area contributed by atoms with Gasteiger partial charge in [-0.25, -0.2) is 0 Å². The molecule has 10 atom stereocenters. The summed E-state index contributed by atoms with van der Waals surface area (Å²) in [5, 5.41) is 35.2. The first-order valence-corrected chi connectivity index (χ1v) is 12.3. The molecule has 194 valence electrons. The van der Waals surface area contributed by atoms with Crippen LogP contribution >= 0.6 is 0 Å². The minimum Gasteiger partial charge on any atom is -0.456 e. The zero-order valence-electron chi connectivity index (χ0n) is 21.4. The smallest absolute Gasteiger partial charge is 0.312 e. The number of carbonyl (C=O) groups excluding carboxylic acids is 4. The zero-order chi connectivity index (χ0) is 27.1. The van der Waals surface area contributed by atoms with Gasteiger partial charge in [0.25, 0.3) is 0 Å². The molecule has 0 spiro atoms. The molecule has 3 saturated carbocycles. The molecule has 10 unspecified atom stereocenters. The fourth-order valence-electron chi connectivity index (χ4n) is 8.19. The van der Waals surface area contributed by atoms with Gasteiger partial charge < -0.3 is 20.1 Å². The number of fused-ring (bicyclic) bond motifs is 2. The van der Waals surface area contributed by atoms with Crippen molar-refractivity contribution in [1.82, 2.24) is 0 Å². The molecule has 8 heteroatoms. The van der Waals surface area contributed by atoms with E-state index in [0.29, 0.717) is 0 Å². The number of hydrogen-bond donors (Lipinski definition) is 3. The monoisotopic (exact) mass is 498 g/mol. The molecule has 8 nitrogen and oxygen atoms in total. The van der Waals surface area contributed by atoms with Crippen LogP contribution in [0.1, 0.15) is 41.5 Å². The lowest BCUT2D eigenvalue weighted by atomic mass is 9.49. The third kappa shape index (κ3) is 2.50. The number of Topliss-reactive ketones (excluding diaryl/α,β-unsaturated/α-hetero) is 2. The highest BCUT2D eigenvalue weighted by molar-refractivity contribution is 6.23. The Morgan fingerprint density at radius 3 is 2.17 bits per heavy atom. The van der Waals surface area contributed by atoms with Crippen molar-refractivity contribution in [3.05, 3.63) is 48.6 Å². The summed E-state index contributed by atoms with van der Waals surface area (Å²) in [6, 6.07) is 0. The summed E-state index contributed by atoms with van der Waals surface area (Å²) in [4.78, 5) is 55.5. The van der Waals surface area contributed by atoms with Crippen molar-refractivity contribution in [3.63, 3.8) is 0 Å². The van der Waals surface area contributed by atoms with Crippen molar-refractivity contribution in [2.45, 2.75) is 64.4 Å². The van der Waals surface area contributed by atoms with Gasteiger partial charge in [-0.2, -0.15) is 0 Å². The highest BCUT2D eigenvalue weighted by Gasteiger charge is 2.98. The topological polar surface area (TPSA) is 138 Å². The van der Waals surface area contributed by atoms with Crippen LogP contribution in [0.4, 0.5) is 0 Å². The second-order valence-electron chi connectivity index (χ2n) is 11.0. The molecular formula is C28H34O8. The largest absolute Gasteiger partial charge is 0.456 e. The Balaban J connectivity index is 2.10. The van der Waals surface area contributed by atoms with E-state index in [1.165, 1.54) is 39.8 Å². The van der Waals surface area contributed by atoms with Gasteiger partial charge in [-0.3, -0.25) is 19.2 Å². The van der Waals surface area contributed by atoms with Gasteiger partial charge in [0, 0.05) is 11.8 Å². The van der Waals surface area contributed by atoms with Crippen molar-refractivity contribution in [2.75, 3.05) is 0 Å². The van der Waals surface area contributed by atoms with E-state index in [2.05, 4.69) is 0 Å². The molecule has 4 bridgehead atoms. The first kappa shape index (κ1) is 26.4. The average Bonchev–Trinajstić information content (AvgIpc) is 3.15. The fourth-order valence-corrected chi connectivity index (χ4v) is 8.19. The fraction of sp³-hybridized carbons (Fsp3) is 0.571. The maximum Gasteiger partial charge on any atom is 0.312 e. The lowest BCUT2D eigenvalue weighted by Gasteiger charge is -2.50. The van der Waals surface area contributed by atoms with Crippen LogP contribution in [0.2, 0.25) is 0 Å². The Bertz CT molecular complexity index is 1160. The van der Waals surface area contributed by atoms with E-state index in [0.717, 1.165) is 6.08 Å². The van der Waals surface area contributed by atoms with Gasteiger partial charge in [0.05, 0.1) is 23.4 Å². The van der Waals surface area contributed by atoms with E-state index >= 15 is 0 Å². The van der Waals surface area contributed by atoms with E-state index in [4.69, 9.17) is 4.74 Å². The molecule has 36 heavy (non-hydrogen) atoms. The minimum absolute atomic E-state index is 0.751. The average molecular weight is 499 g/mol. The molecule has 4 fully saturated rings. The first-order chi connectivity index (χ1) is 16.7. The van der Waals surface area contributed by atoms with E-state index < -0.39 is 80.7 Å². The SMILES string of the molecule is C/C=C/C=C/C(=O)C12C(=O)C(C)(O)C3C(C(O)/C=C/C=C/C)C(=O)C1(C)C1(O)C(C)C(=O)OC1(C)C32. The number of ketones is 3. The first-order valence-electron chi connectivity index (χ1n) is 12.3. The predicted molar refractivity (Wildman–Crippen MR) is 129 cm³/mol. The van der Waals surface area contributed by atoms with Crippen LogP contribution in [0.15, 0.2) is 48.6 Å². The molecule has 0 aromatic heterocycles. The maximum absolute atomic E-state index is 14.5. The summed E-state index contributed by atoms with van der Waals surface area (Å²) >= 11 is 0. The van der Waals surface area contributed by atoms with Crippen molar-refractivity contribution in [3.8, 4) is 0 Å². The molecule has 0 amide bonds. The number of carbonyl (C=O) groups is 4. The van der Waals surface area contributed by atoms with Crippen LogP contribution in [-0.2, 0) is 23.9 Å². The number of aliphatic hydroxyl groups excluding tert-OH is 1. The Hall–Kier alpha value is -2.68. The summed E-state index contributed by atoms with van der Waals surface area (Å²) in [7, 11) is 0. The van der Waals surface area contributed by atoms with E-state index in [1.807, 2.05) is 0 Å². The molecule has 3 N–H and O–H groups in total. The number of esters is 1. The molecule has 0 aromatic rings. The van der Waals surface area contributed by atoms with E-state index in [1.54, 1.807) is 44.2 Å². The number of aliphatic hydroxyl groups is 3. The van der Waals surface area contributed by atoms with Crippen molar-refractivity contribution < 1.29 is 39.2 Å². The van der Waals surface area contributed by atoms with Crippen molar-refractivity contribution in [2.24, 2.45) is 34.5 Å². The van der Waals surface area contributed by atoms with Crippen molar-refractivity contribution in [1.29, 1.82) is 0 Å². The van der Waals surface area contributed by atoms with Gasteiger partial charge in [-0.15, -0.1) is 0 Å². The van der Waals surface area contributed by atoms with E-state index in [-0.39, 0.29) is 0 Å². The summed E-state index contributed by atoms with van der Waals surface area (Å²) in [6.07, 6.45) is 10.7. The Kier molecular flexibility index (Phi) is 5.80. The quantitative estimate of drug-likeness (QED) is 0.217. The van der Waals surface area contributed by atoms with Gasteiger partial charge >= 0.3 is 5.97 Å². The van der Waals surface area contributed by atoms with Crippen LogP contribution in [0.25, 0.3) is 0 Å². The van der Waals surface area contributed by atoms with E-state index in [9.17, 15) is 34.5 Å². The maximum atomic E-state index is 14.5. The Labute approximate surface area is 210 Å². The van der Waals surface area contributed by atoms with Gasteiger partial charge in [0.2, 0.25) is 0 Å². The second-order valence-corrected chi connectivity index (χ2v) is 11.0. The van der Waals surface area contributed by atoms with Crippen LogP contribution in [0.5, 0.6) is 0 Å². The zero-order valence-corrected chi connectivity index (χ0v) is 21.4. The number of hydrogen-bond acceptors (Lipinski definition) is 8. The van der Waals surface area contributed by atoms with Crippen LogP contribution in [0, 0.1) is 34.5 Å². The molecule has 1 saturated heterocycles. The minimum atomic E-state index is -2.24. The number of ether oxygens (including phenoxy) is 1. The normalized spacial score (nSPS) is 48.6. The third-order valence-electron chi connectivity index (χ3n) is 9.59. The lowest BCUT2D eigenvalue weighted by Crippen LogP contribution is -2.66. The molecule has 0 aromatic carbocycles. The standard InChI is InChI=1S/C28H34O8/c1-7-9-11-13-16(29)18-19-20-26(6)28(35,15(3)22(32)36-26)25(5,21(18)31)27(20,23(33)24(19,4)34)17(30)14-12-10-8-2/h7-16,18-20,29,34-35H,1-6H3/b9-7+,10-8+,13-11+,14-12+. The molecule has 0 radical (unpaired) electrons. The molecule has 1 heterocycles. The van der Waals surface area contributed by atoms with Crippen LogP contribution in [-0.4, -0.2) is 61.5 Å². The van der Waals surface area contributed by atoms with Crippen molar-refractivity contribution >= 4 is 23.3 Å². The number of rotatable bonds is 6. The summed E-state index contributed by atoms with van der Waals surface area (Å²) in [5.41, 5.74) is -10.7.